The number of hydrogen-bond donors (Lipinski definition) is 2. The monoisotopic (exact) mass is 394 g/mol. The van der Waals surface area contributed by atoms with Crippen molar-refractivity contribution in [2.45, 2.75) is 62.6 Å². The molecule has 0 spiro atoms. The highest BCUT2D eigenvalue weighted by Gasteiger charge is 2.34. The smallest absolute Gasteiger partial charge is 0.129 e. The highest BCUT2D eigenvalue weighted by atomic mass is 19.1. The third-order valence-corrected chi connectivity index (χ3v) is 6.56. The van der Waals surface area contributed by atoms with Gasteiger partial charge in [0.2, 0.25) is 0 Å². The Morgan fingerprint density at radius 1 is 1.17 bits per heavy atom. The van der Waals surface area contributed by atoms with Crippen LogP contribution < -0.4 is 0 Å². The Kier molecular flexibility index (Phi) is 5.62. The number of ether oxygens (including phenoxy) is 1. The van der Waals surface area contributed by atoms with Crippen molar-refractivity contribution < 1.29 is 19.3 Å². The molecule has 2 aromatic rings. The maximum absolute atomic E-state index is 14.9. The van der Waals surface area contributed by atoms with E-state index in [4.69, 9.17) is 4.74 Å². The van der Waals surface area contributed by atoms with Crippen LogP contribution in [0, 0.1) is 5.82 Å². The molecular formula is C23H29B2FO3. The number of hydrogen-bond acceptors (Lipinski definition) is 3. The molecule has 0 bridgehead atoms. The summed E-state index contributed by atoms with van der Waals surface area (Å²) < 4.78 is 20.8. The van der Waals surface area contributed by atoms with Crippen molar-refractivity contribution in [3.8, 4) is 0 Å². The van der Waals surface area contributed by atoms with Gasteiger partial charge in [0.25, 0.3) is 0 Å². The van der Waals surface area contributed by atoms with Crippen LogP contribution in [0.1, 0.15) is 59.3 Å². The maximum Gasteiger partial charge on any atom is 0.129 e. The highest BCUT2D eigenvalue weighted by molar-refractivity contribution is 6.41. The van der Waals surface area contributed by atoms with Crippen LogP contribution >= 0.6 is 0 Å². The fourth-order valence-corrected chi connectivity index (χ4v) is 4.93. The first-order valence-corrected chi connectivity index (χ1v) is 10.7. The van der Waals surface area contributed by atoms with Crippen LogP contribution in [0.3, 0.4) is 0 Å². The van der Waals surface area contributed by atoms with Gasteiger partial charge in [0.05, 0.1) is 24.9 Å². The Hall–Kier alpha value is -1.62. The minimum atomic E-state index is -0.588. The van der Waals surface area contributed by atoms with E-state index in [2.05, 4.69) is 33.9 Å². The summed E-state index contributed by atoms with van der Waals surface area (Å²) in [5.41, 5.74) is 6.67. The zero-order chi connectivity index (χ0) is 20.8. The number of benzene rings is 2. The standard InChI is InChI=1S/C23H29B2FO3/c1-2-14-8-21(26)19(22-10-17(28)9-18(12-27)29-22)7-16(14)5-13-3-4-15-11-23(24,25)20(15)6-13/h3-4,6-8,17-18,22,27-28H,2,5,9-12,24-25H2,1H3. The molecule has 6 heteroatoms. The Bertz CT molecular complexity index is 915. The third kappa shape index (κ3) is 4.03. The van der Waals surface area contributed by atoms with E-state index >= 15 is 0 Å². The second-order valence-corrected chi connectivity index (χ2v) is 9.28. The van der Waals surface area contributed by atoms with Crippen molar-refractivity contribution in [1.29, 1.82) is 0 Å². The van der Waals surface area contributed by atoms with E-state index in [1.54, 1.807) is 6.07 Å². The van der Waals surface area contributed by atoms with Gasteiger partial charge in [0, 0.05) is 18.4 Å². The van der Waals surface area contributed by atoms with E-state index in [0.717, 1.165) is 30.4 Å². The molecule has 0 aromatic heterocycles. The second-order valence-electron chi connectivity index (χ2n) is 9.28. The van der Waals surface area contributed by atoms with Gasteiger partial charge in [-0.25, -0.2) is 4.39 Å². The Balaban J connectivity index is 1.65. The molecule has 1 aliphatic carbocycles. The van der Waals surface area contributed by atoms with Gasteiger partial charge >= 0.3 is 0 Å². The minimum absolute atomic E-state index is 0.167. The lowest BCUT2D eigenvalue weighted by Crippen LogP contribution is -2.39. The van der Waals surface area contributed by atoms with E-state index in [1.807, 2.05) is 13.0 Å². The first-order chi connectivity index (χ1) is 13.8. The minimum Gasteiger partial charge on any atom is -0.394 e. The number of aliphatic hydroxyl groups excluding tert-OH is 2. The summed E-state index contributed by atoms with van der Waals surface area (Å²) in [6.45, 7) is 1.88. The molecule has 2 N–H and O–H groups in total. The van der Waals surface area contributed by atoms with Crippen molar-refractivity contribution in [3.05, 3.63) is 69.5 Å². The molecule has 1 aliphatic heterocycles. The lowest BCUT2D eigenvalue weighted by Gasteiger charge is -2.39. The van der Waals surface area contributed by atoms with Crippen molar-refractivity contribution in [2.24, 2.45) is 0 Å². The van der Waals surface area contributed by atoms with Crippen LogP contribution in [-0.2, 0) is 29.2 Å². The first kappa shape index (κ1) is 20.6. The molecule has 2 aliphatic rings. The molecule has 2 aromatic carbocycles. The van der Waals surface area contributed by atoms with Gasteiger partial charge in [-0.15, -0.1) is 0 Å². The van der Waals surface area contributed by atoms with E-state index in [1.165, 1.54) is 16.7 Å². The molecule has 0 amide bonds. The molecule has 1 heterocycles. The van der Waals surface area contributed by atoms with Crippen LogP contribution in [0.5, 0.6) is 0 Å². The topological polar surface area (TPSA) is 49.7 Å². The van der Waals surface area contributed by atoms with Crippen LogP contribution in [0.2, 0.25) is 0 Å². The van der Waals surface area contributed by atoms with E-state index < -0.39 is 18.3 Å². The molecule has 0 radical (unpaired) electrons. The molecule has 0 saturated carbocycles. The zero-order valence-corrected chi connectivity index (χ0v) is 17.5. The number of aryl methyl sites for hydroxylation is 1. The number of halogens is 1. The lowest BCUT2D eigenvalue weighted by atomic mass is 9.42. The van der Waals surface area contributed by atoms with Crippen molar-refractivity contribution in [1.82, 2.24) is 0 Å². The van der Waals surface area contributed by atoms with Gasteiger partial charge in [-0.3, -0.25) is 0 Å². The molecule has 1 fully saturated rings. The van der Waals surface area contributed by atoms with E-state index in [0.29, 0.717) is 18.4 Å². The predicted octanol–water partition coefficient (Wildman–Crippen LogP) is 1.53. The summed E-state index contributed by atoms with van der Waals surface area (Å²) in [5, 5.41) is 19.8. The summed E-state index contributed by atoms with van der Waals surface area (Å²) >= 11 is 0. The Morgan fingerprint density at radius 3 is 2.66 bits per heavy atom. The molecule has 1 saturated heterocycles. The average molecular weight is 394 g/mol. The van der Waals surface area contributed by atoms with E-state index in [-0.39, 0.29) is 17.6 Å². The second kappa shape index (κ2) is 7.90. The fraction of sp³-hybridized carbons (Fsp3) is 0.478. The number of rotatable bonds is 5. The zero-order valence-electron chi connectivity index (χ0n) is 17.5. The summed E-state index contributed by atoms with van der Waals surface area (Å²) in [7, 11) is 4.55. The molecule has 152 valence electrons. The fourth-order valence-electron chi connectivity index (χ4n) is 4.93. The maximum atomic E-state index is 14.9. The summed E-state index contributed by atoms with van der Waals surface area (Å²) in [5.74, 6) is -0.292. The molecule has 3 atom stereocenters. The predicted molar refractivity (Wildman–Crippen MR) is 117 cm³/mol. The quantitative estimate of drug-likeness (QED) is 0.757. The normalized spacial score (nSPS) is 25.3. The van der Waals surface area contributed by atoms with Gasteiger partial charge in [0.15, 0.2) is 0 Å². The van der Waals surface area contributed by atoms with Gasteiger partial charge in [-0.1, -0.05) is 35.9 Å². The first-order valence-electron chi connectivity index (χ1n) is 10.7. The molecular weight excluding hydrogens is 365 g/mol. The number of fused-ring (bicyclic) bond motifs is 1. The van der Waals surface area contributed by atoms with Gasteiger partial charge < -0.3 is 14.9 Å². The van der Waals surface area contributed by atoms with Crippen LogP contribution in [0.15, 0.2) is 30.3 Å². The Labute approximate surface area is 174 Å². The van der Waals surface area contributed by atoms with Crippen molar-refractivity contribution in [2.75, 3.05) is 6.61 Å². The molecule has 4 rings (SSSR count). The van der Waals surface area contributed by atoms with Crippen LogP contribution in [0.25, 0.3) is 0 Å². The summed E-state index contributed by atoms with van der Waals surface area (Å²) in [6.07, 6.45) is 1.80. The van der Waals surface area contributed by atoms with Crippen LogP contribution in [-0.4, -0.2) is 44.7 Å². The largest absolute Gasteiger partial charge is 0.394 e. The van der Waals surface area contributed by atoms with Gasteiger partial charge in [0.1, 0.15) is 21.5 Å². The molecule has 3 nitrogen and oxygen atoms in total. The number of aliphatic hydroxyl groups is 2. The molecule has 29 heavy (non-hydrogen) atoms. The van der Waals surface area contributed by atoms with Crippen LogP contribution in [0.4, 0.5) is 4.39 Å². The molecule has 3 unspecified atom stereocenters. The van der Waals surface area contributed by atoms with Crippen molar-refractivity contribution >= 4 is 15.7 Å². The van der Waals surface area contributed by atoms with E-state index in [9.17, 15) is 14.6 Å². The summed E-state index contributed by atoms with van der Waals surface area (Å²) in [4.78, 5) is 0. The van der Waals surface area contributed by atoms with Gasteiger partial charge in [-0.05, 0) is 53.6 Å². The highest BCUT2D eigenvalue weighted by Crippen LogP contribution is 2.38. The Morgan fingerprint density at radius 2 is 1.97 bits per heavy atom. The van der Waals surface area contributed by atoms with Gasteiger partial charge in [-0.2, -0.15) is 0 Å². The van der Waals surface area contributed by atoms with Crippen molar-refractivity contribution in [3.63, 3.8) is 0 Å². The lowest BCUT2D eigenvalue weighted by molar-refractivity contribution is -0.114. The summed E-state index contributed by atoms with van der Waals surface area (Å²) in [6, 6.07) is 10.2. The average Bonchev–Trinajstić information content (AvgIpc) is 2.68. The SMILES string of the molecule is BC1(B)Cc2ccc(Cc3cc(C4CC(O)CC(CO)O4)c(F)cc3CC)cc21. The third-order valence-electron chi connectivity index (χ3n) is 6.56.